The molecular weight excluding hydrogens is 470 g/mol. The first-order chi connectivity index (χ1) is 15.3. The van der Waals surface area contributed by atoms with Crippen molar-refractivity contribution in [3.8, 4) is 22.5 Å². The van der Waals surface area contributed by atoms with Crippen molar-refractivity contribution in [2.45, 2.75) is 6.92 Å². The van der Waals surface area contributed by atoms with Crippen LogP contribution in [-0.2, 0) is 14.8 Å². The van der Waals surface area contributed by atoms with E-state index in [0.717, 1.165) is 16.7 Å². The van der Waals surface area contributed by atoms with E-state index in [9.17, 15) is 13.2 Å². The van der Waals surface area contributed by atoms with E-state index in [1.807, 2.05) is 31.2 Å². The van der Waals surface area contributed by atoms with Gasteiger partial charge in [-0.05, 0) is 24.6 Å². The molecule has 3 N–H and O–H groups in total. The summed E-state index contributed by atoms with van der Waals surface area (Å²) in [6.45, 7) is 1.99. The standard InChI is InChI=1S/C21H18ClN5O3S2/c1-13-2-4-15(5-3-13)18-11-31-21(25-18)26-19(28)12-32(29,30)27-20-23-10-17(24-20)14-6-8-16(22)9-7-14/h2-11H,12H2,1H3,(H2,23,24,27)(H,25,26,28). The van der Waals surface area contributed by atoms with Crippen molar-refractivity contribution in [1.29, 1.82) is 0 Å². The third-order valence-electron chi connectivity index (χ3n) is 4.40. The predicted octanol–water partition coefficient (Wildman–Crippen LogP) is 4.54. The number of sulfonamides is 1. The van der Waals surface area contributed by atoms with Gasteiger partial charge in [-0.25, -0.2) is 18.4 Å². The Hall–Kier alpha value is -3.21. The number of rotatable bonds is 7. The summed E-state index contributed by atoms with van der Waals surface area (Å²) >= 11 is 7.10. The number of nitrogens with zero attached hydrogens (tertiary/aromatic N) is 2. The minimum absolute atomic E-state index is 0.0126. The first kappa shape index (κ1) is 22.0. The number of amides is 1. The summed E-state index contributed by atoms with van der Waals surface area (Å²) in [4.78, 5) is 23.5. The third-order valence-corrected chi connectivity index (χ3v) is 6.56. The highest BCUT2D eigenvalue weighted by atomic mass is 35.5. The smallest absolute Gasteiger partial charge is 0.244 e. The SMILES string of the molecule is Cc1ccc(-c2csc(NC(=O)CS(=O)(=O)Nc3ncc(-c4ccc(Cl)cc4)[nH]3)n2)cc1. The number of carbonyl (C=O) groups excluding carboxylic acids is 1. The molecule has 1 amide bonds. The minimum Gasteiger partial charge on any atom is -0.323 e. The van der Waals surface area contributed by atoms with Gasteiger partial charge < -0.3 is 10.3 Å². The lowest BCUT2D eigenvalue weighted by atomic mass is 10.1. The third kappa shape index (κ3) is 5.52. The van der Waals surface area contributed by atoms with E-state index in [2.05, 4.69) is 25.0 Å². The van der Waals surface area contributed by atoms with Crippen LogP contribution in [0, 0.1) is 6.92 Å². The largest absolute Gasteiger partial charge is 0.323 e. The number of benzene rings is 2. The first-order valence-corrected chi connectivity index (χ1v) is 12.3. The van der Waals surface area contributed by atoms with E-state index < -0.39 is 21.7 Å². The second kappa shape index (κ2) is 9.11. The summed E-state index contributed by atoms with van der Waals surface area (Å²) in [6, 6.07) is 14.8. The fraction of sp³-hybridized carbons (Fsp3) is 0.0952. The molecular formula is C21H18ClN5O3S2. The van der Waals surface area contributed by atoms with Crippen LogP contribution in [0.2, 0.25) is 5.02 Å². The number of halogens is 1. The van der Waals surface area contributed by atoms with Crippen LogP contribution in [0.15, 0.2) is 60.1 Å². The van der Waals surface area contributed by atoms with Crippen molar-refractivity contribution < 1.29 is 13.2 Å². The molecule has 4 rings (SSSR count). The Kier molecular flexibility index (Phi) is 6.26. The summed E-state index contributed by atoms with van der Waals surface area (Å²) < 4.78 is 27.0. The first-order valence-electron chi connectivity index (χ1n) is 9.41. The van der Waals surface area contributed by atoms with Crippen molar-refractivity contribution in [1.82, 2.24) is 15.0 Å². The van der Waals surface area contributed by atoms with Gasteiger partial charge in [-0.3, -0.25) is 9.52 Å². The number of hydrogen-bond acceptors (Lipinski definition) is 6. The van der Waals surface area contributed by atoms with Crippen LogP contribution in [0.25, 0.3) is 22.5 Å². The summed E-state index contributed by atoms with van der Waals surface area (Å²) in [6.07, 6.45) is 1.49. The Labute approximate surface area is 193 Å². The molecule has 8 nitrogen and oxygen atoms in total. The highest BCUT2D eigenvalue weighted by Crippen LogP contribution is 2.25. The van der Waals surface area contributed by atoms with Gasteiger partial charge in [-0.15, -0.1) is 11.3 Å². The molecule has 0 aliphatic heterocycles. The maximum Gasteiger partial charge on any atom is 0.244 e. The fourth-order valence-corrected chi connectivity index (χ4v) is 4.60. The van der Waals surface area contributed by atoms with Crippen molar-refractivity contribution in [3.05, 3.63) is 70.7 Å². The molecule has 4 aromatic rings. The molecule has 0 radical (unpaired) electrons. The Morgan fingerprint density at radius 2 is 1.78 bits per heavy atom. The molecule has 0 fully saturated rings. The molecule has 0 bridgehead atoms. The van der Waals surface area contributed by atoms with Crippen LogP contribution in [0.3, 0.4) is 0 Å². The topological polar surface area (TPSA) is 117 Å². The maximum atomic E-state index is 12.4. The average Bonchev–Trinajstić information content (AvgIpc) is 3.38. The quantitative estimate of drug-likeness (QED) is 0.353. The zero-order chi connectivity index (χ0) is 22.7. The maximum absolute atomic E-state index is 12.4. The van der Waals surface area contributed by atoms with Gasteiger partial charge in [0.05, 0.1) is 17.6 Å². The van der Waals surface area contributed by atoms with Crippen molar-refractivity contribution >= 4 is 49.9 Å². The van der Waals surface area contributed by atoms with Gasteiger partial charge in [0.25, 0.3) is 0 Å². The lowest BCUT2D eigenvalue weighted by Gasteiger charge is -2.05. The Bertz CT molecular complexity index is 1350. The second-order valence-corrected chi connectivity index (χ2v) is 9.98. The van der Waals surface area contributed by atoms with Gasteiger partial charge in [0.1, 0.15) is 5.75 Å². The summed E-state index contributed by atoms with van der Waals surface area (Å²) in [5, 5.41) is 5.24. The highest BCUT2D eigenvalue weighted by Gasteiger charge is 2.19. The predicted molar refractivity (Wildman–Crippen MR) is 127 cm³/mol. The van der Waals surface area contributed by atoms with Crippen LogP contribution < -0.4 is 10.0 Å². The van der Waals surface area contributed by atoms with Gasteiger partial charge in [-0.1, -0.05) is 53.6 Å². The average molecular weight is 488 g/mol. The Balaban J connectivity index is 1.37. The van der Waals surface area contributed by atoms with E-state index in [4.69, 9.17) is 11.6 Å². The van der Waals surface area contributed by atoms with Gasteiger partial charge in [0.2, 0.25) is 21.9 Å². The van der Waals surface area contributed by atoms with Gasteiger partial charge in [-0.2, -0.15) is 0 Å². The number of imidazole rings is 1. The number of aromatic nitrogens is 3. The van der Waals surface area contributed by atoms with E-state index in [1.165, 1.54) is 17.5 Å². The molecule has 2 heterocycles. The second-order valence-electron chi connectivity index (χ2n) is 6.97. The summed E-state index contributed by atoms with van der Waals surface area (Å²) in [5.74, 6) is -1.46. The van der Waals surface area contributed by atoms with E-state index in [0.29, 0.717) is 21.5 Å². The highest BCUT2D eigenvalue weighted by molar-refractivity contribution is 7.93. The molecule has 0 saturated carbocycles. The molecule has 0 aliphatic rings. The zero-order valence-corrected chi connectivity index (χ0v) is 19.2. The number of hydrogen-bond donors (Lipinski definition) is 3. The van der Waals surface area contributed by atoms with Crippen LogP contribution in [0.4, 0.5) is 11.1 Å². The zero-order valence-electron chi connectivity index (χ0n) is 16.8. The fourth-order valence-electron chi connectivity index (χ4n) is 2.85. The van der Waals surface area contributed by atoms with Crippen molar-refractivity contribution in [3.63, 3.8) is 0 Å². The van der Waals surface area contributed by atoms with Crippen LogP contribution in [0.1, 0.15) is 5.56 Å². The number of carbonyl (C=O) groups is 1. The number of nitrogens with one attached hydrogen (secondary N) is 3. The molecule has 0 atom stereocenters. The van der Waals surface area contributed by atoms with E-state index >= 15 is 0 Å². The van der Waals surface area contributed by atoms with E-state index in [1.54, 1.807) is 29.6 Å². The van der Waals surface area contributed by atoms with Gasteiger partial charge in [0, 0.05) is 16.0 Å². The van der Waals surface area contributed by atoms with Crippen LogP contribution in [-0.4, -0.2) is 35.0 Å². The summed E-state index contributed by atoms with van der Waals surface area (Å²) in [7, 11) is -3.98. The van der Waals surface area contributed by atoms with Gasteiger partial charge >= 0.3 is 0 Å². The molecule has 2 aromatic carbocycles. The van der Waals surface area contributed by atoms with Crippen LogP contribution in [0.5, 0.6) is 0 Å². The monoisotopic (exact) mass is 487 g/mol. The lowest BCUT2D eigenvalue weighted by molar-refractivity contribution is -0.113. The van der Waals surface area contributed by atoms with Gasteiger partial charge in [0.15, 0.2) is 5.13 Å². The van der Waals surface area contributed by atoms with Crippen molar-refractivity contribution in [2.75, 3.05) is 15.8 Å². The molecule has 32 heavy (non-hydrogen) atoms. The summed E-state index contributed by atoms with van der Waals surface area (Å²) in [5.41, 5.74) is 4.15. The molecule has 0 saturated heterocycles. The number of aromatic amines is 1. The van der Waals surface area contributed by atoms with Crippen LogP contribution >= 0.6 is 22.9 Å². The van der Waals surface area contributed by atoms with E-state index in [-0.39, 0.29) is 5.95 Å². The molecule has 2 aromatic heterocycles. The molecule has 11 heteroatoms. The minimum atomic E-state index is -3.98. The number of H-pyrrole nitrogens is 1. The molecule has 0 aliphatic carbocycles. The number of thiazole rings is 1. The Morgan fingerprint density at radius 1 is 1.09 bits per heavy atom. The normalized spacial score (nSPS) is 11.3. The molecule has 0 spiro atoms. The number of aryl methyl sites for hydroxylation is 1. The Morgan fingerprint density at radius 3 is 2.50 bits per heavy atom. The van der Waals surface area contributed by atoms with Crippen molar-refractivity contribution in [2.24, 2.45) is 0 Å². The number of anilines is 2. The molecule has 0 unspecified atom stereocenters. The molecule has 164 valence electrons. The lowest BCUT2D eigenvalue weighted by Crippen LogP contribution is -2.27.